The zero-order valence-electron chi connectivity index (χ0n) is 10.2. The van der Waals surface area contributed by atoms with Crippen LogP contribution in [0.2, 0.25) is 5.02 Å². The van der Waals surface area contributed by atoms with Crippen molar-refractivity contribution in [1.29, 1.82) is 0 Å². The van der Waals surface area contributed by atoms with Gasteiger partial charge >= 0.3 is 0 Å². The van der Waals surface area contributed by atoms with E-state index in [1.807, 2.05) is 0 Å². The molecule has 0 amide bonds. The van der Waals surface area contributed by atoms with Crippen molar-refractivity contribution < 1.29 is 12.8 Å². The number of sulfonamides is 1. The van der Waals surface area contributed by atoms with Gasteiger partial charge in [0.05, 0.1) is 17.1 Å². The molecular formula is C11H11ClFN3O2S. The summed E-state index contributed by atoms with van der Waals surface area (Å²) in [6, 6.07) is 3.70. The summed E-state index contributed by atoms with van der Waals surface area (Å²) in [5.74, 6) is -0.741. The van der Waals surface area contributed by atoms with Crippen LogP contribution in [0.15, 0.2) is 23.1 Å². The summed E-state index contributed by atoms with van der Waals surface area (Å²) in [4.78, 5) is 0.0156. The van der Waals surface area contributed by atoms with E-state index in [1.165, 1.54) is 12.1 Å². The number of benzene rings is 1. The Morgan fingerprint density at radius 3 is 2.58 bits per heavy atom. The lowest BCUT2D eigenvalue weighted by atomic mass is 10.3. The molecular weight excluding hydrogens is 293 g/mol. The van der Waals surface area contributed by atoms with Gasteiger partial charge in [-0.05, 0) is 32.0 Å². The van der Waals surface area contributed by atoms with Gasteiger partial charge in [-0.3, -0.25) is 9.82 Å². The molecule has 0 fully saturated rings. The highest BCUT2D eigenvalue weighted by atomic mass is 35.5. The van der Waals surface area contributed by atoms with Gasteiger partial charge in [0.1, 0.15) is 10.7 Å². The number of rotatable bonds is 3. The molecule has 2 rings (SSSR count). The highest BCUT2D eigenvalue weighted by Crippen LogP contribution is 2.24. The fraction of sp³-hybridized carbons (Fsp3) is 0.182. The van der Waals surface area contributed by atoms with Crippen molar-refractivity contribution in [3.8, 4) is 0 Å². The third-order valence-corrected chi connectivity index (χ3v) is 4.37. The number of aromatic nitrogens is 2. The maximum atomic E-state index is 13.6. The van der Waals surface area contributed by atoms with Crippen molar-refractivity contribution in [2.24, 2.45) is 0 Å². The van der Waals surface area contributed by atoms with E-state index in [1.54, 1.807) is 13.8 Å². The van der Waals surface area contributed by atoms with Gasteiger partial charge in [-0.2, -0.15) is 5.10 Å². The van der Waals surface area contributed by atoms with Crippen molar-refractivity contribution in [2.75, 3.05) is 4.72 Å². The van der Waals surface area contributed by atoms with E-state index in [9.17, 15) is 12.8 Å². The quantitative estimate of drug-likeness (QED) is 0.915. The van der Waals surface area contributed by atoms with Gasteiger partial charge in [-0.25, -0.2) is 12.8 Å². The lowest BCUT2D eigenvalue weighted by Crippen LogP contribution is -2.15. The molecule has 0 unspecified atom stereocenters. The number of anilines is 1. The summed E-state index contributed by atoms with van der Waals surface area (Å²) in [6.45, 7) is 3.13. The number of halogens is 2. The molecule has 0 radical (unpaired) electrons. The van der Waals surface area contributed by atoms with Crippen molar-refractivity contribution in [2.45, 2.75) is 18.7 Å². The average molecular weight is 304 g/mol. The van der Waals surface area contributed by atoms with E-state index < -0.39 is 15.8 Å². The highest BCUT2D eigenvalue weighted by Gasteiger charge is 2.23. The fourth-order valence-electron chi connectivity index (χ4n) is 1.70. The van der Waals surface area contributed by atoms with Crippen LogP contribution in [0.1, 0.15) is 11.4 Å². The Balaban J connectivity index is 2.42. The van der Waals surface area contributed by atoms with E-state index in [0.717, 1.165) is 6.07 Å². The smallest absolute Gasteiger partial charge is 0.265 e. The molecule has 0 aliphatic carbocycles. The van der Waals surface area contributed by atoms with E-state index in [-0.39, 0.29) is 15.6 Å². The molecule has 2 N–H and O–H groups in total. The van der Waals surface area contributed by atoms with E-state index in [0.29, 0.717) is 11.4 Å². The van der Waals surface area contributed by atoms with Crippen molar-refractivity contribution >= 4 is 27.3 Å². The standard InChI is InChI=1S/C11H11ClFN3O2S/c1-6-11(7(2)15-14-6)19(17,18)16-10-4-3-8(12)5-9(10)13/h3-5,16H,1-2H3,(H,14,15). The maximum Gasteiger partial charge on any atom is 0.265 e. The fourth-order valence-corrected chi connectivity index (χ4v) is 3.30. The average Bonchev–Trinajstić information content (AvgIpc) is 2.63. The minimum atomic E-state index is -3.89. The number of nitrogens with zero attached hydrogens (tertiary/aromatic N) is 1. The second-order valence-corrected chi connectivity index (χ2v) is 6.05. The first-order valence-corrected chi connectivity index (χ1v) is 7.17. The Hall–Kier alpha value is -1.60. The Morgan fingerprint density at radius 2 is 2.05 bits per heavy atom. The zero-order chi connectivity index (χ0) is 14.2. The van der Waals surface area contributed by atoms with E-state index >= 15 is 0 Å². The summed E-state index contributed by atoms with van der Waals surface area (Å²) in [6.07, 6.45) is 0. The summed E-state index contributed by atoms with van der Waals surface area (Å²) < 4.78 is 40.1. The maximum absolute atomic E-state index is 13.6. The third kappa shape index (κ3) is 2.71. The first-order valence-electron chi connectivity index (χ1n) is 5.30. The van der Waals surface area contributed by atoms with E-state index in [4.69, 9.17) is 11.6 Å². The van der Waals surface area contributed by atoms with Gasteiger partial charge in [0.15, 0.2) is 0 Å². The van der Waals surface area contributed by atoms with Crippen LogP contribution in [-0.4, -0.2) is 18.6 Å². The van der Waals surface area contributed by atoms with Crippen LogP contribution in [0.5, 0.6) is 0 Å². The Bertz CT molecular complexity index is 708. The molecule has 1 aromatic carbocycles. The number of nitrogens with one attached hydrogen (secondary N) is 2. The topological polar surface area (TPSA) is 74.8 Å². The first-order chi connectivity index (χ1) is 8.81. The molecule has 8 heteroatoms. The molecule has 1 aromatic heterocycles. The van der Waals surface area contributed by atoms with Gasteiger partial charge in [0.2, 0.25) is 0 Å². The van der Waals surface area contributed by atoms with Gasteiger partial charge in [-0.1, -0.05) is 11.6 Å². The predicted octanol–water partition coefficient (Wildman–Crippen LogP) is 2.62. The van der Waals surface area contributed by atoms with Crippen molar-refractivity contribution in [3.63, 3.8) is 0 Å². The summed E-state index contributed by atoms with van der Waals surface area (Å²) >= 11 is 5.61. The van der Waals surface area contributed by atoms with Crippen LogP contribution in [0.3, 0.4) is 0 Å². The predicted molar refractivity (Wildman–Crippen MR) is 70.3 cm³/mol. The van der Waals surface area contributed by atoms with Gasteiger partial charge < -0.3 is 0 Å². The minimum Gasteiger partial charge on any atom is -0.281 e. The highest BCUT2D eigenvalue weighted by molar-refractivity contribution is 7.92. The summed E-state index contributed by atoms with van der Waals surface area (Å²) in [7, 11) is -3.89. The normalized spacial score (nSPS) is 11.6. The second-order valence-electron chi connectivity index (χ2n) is 3.99. The van der Waals surface area contributed by atoms with Crippen LogP contribution >= 0.6 is 11.6 Å². The molecule has 1 heterocycles. The number of aryl methyl sites for hydroxylation is 2. The van der Waals surface area contributed by atoms with Crippen LogP contribution in [-0.2, 0) is 10.0 Å². The van der Waals surface area contributed by atoms with Crippen LogP contribution in [0.25, 0.3) is 0 Å². The van der Waals surface area contributed by atoms with Gasteiger partial charge in [0.25, 0.3) is 10.0 Å². The molecule has 0 saturated heterocycles. The Labute approximate surface area is 114 Å². The molecule has 0 aliphatic heterocycles. The molecule has 19 heavy (non-hydrogen) atoms. The molecule has 2 aromatic rings. The Morgan fingerprint density at radius 1 is 1.37 bits per heavy atom. The summed E-state index contributed by atoms with van der Waals surface area (Å²) in [5.41, 5.74) is 0.545. The third-order valence-electron chi connectivity index (χ3n) is 2.50. The largest absolute Gasteiger partial charge is 0.281 e. The molecule has 0 atom stereocenters. The second kappa shape index (κ2) is 4.82. The minimum absolute atomic E-state index is 0.0156. The van der Waals surface area contributed by atoms with Crippen LogP contribution in [0, 0.1) is 19.7 Å². The monoisotopic (exact) mass is 303 g/mol. The van der Waals surface area contributed by atoms with Crippen molar-refractivity contribution in [3.05, 3.63) is 40.4 Å². The van der Waals surface area contributed by atoms with Crippen molar-refractivity contribution in [1.82, 2.24) is 10.2 Å². The molecule has 0 aliphatic rings. The van der Waals surface area contributed by atoms with Crippen LogP contribution in [0.4, 0.5) is 10.1 Å². The molecule has 102 valence electrons. The Kier molecular flexibility index (Phi) is 3.51. The lowest BCUT2D eigenvalue weighted by Gasteiger charge is -2.09. The van der Waals surface area contributed by atoms with Gasteiger partial charge in [0, 0.05) is 5.02 Å². The lowest BCUT2D eigenvalue weighted by molar-refractivity contribution is 0.597. The van der Waals surface area contributed by atoms with Gasteiger partial charge in [-0.15, -0.1) is 0 Å². The SMILES string of the molecule is Cc1n[nH]c(C)c1S(=O)(=O)Nc1ccc(Cl)cc1F. The summed E-state index contributed by atoms with van der Waals surface area (Å²) in [5, 5.41) is 6.56. The molecule has 0 saturated carbocycles. The number of aromatic amines is 1. The molecule has 0 bridgehead atoms. The zero-order valence-corrected chi connectivity index (χ0v) is 11.7. The molecule has 5 nitrogen and oxygen atoms in total. The number of hydrogen-bond acceptors (Lipinski definition) is 3. The van der Waals surface area contributed by atoms with Crippen LogP contribution < -0.4 is 4.72 Å². The molecule has 0 spiro atoms. The van der Waals surface area contributed by atoms with E-state index in [2.05, 4.69) is 14.9 Å². The number of hydrogen-bond donors (Lipinski definition) is 2. The first kappa shape index (κ1) is 13.8. The number of H-pyrrole nitrogens is 1.